The molecule has 0 aromatic heterocycles. The van der Waals surface area contributed by atoms with Crippen LogP contribution in [0.25, 0.3) is 0 Å². The average Bonchev–Trinajstić information content (AvgIpc) is 2.36. The second-order valence-electron chi connectivity index (χ2n) is 4.13. The minimum atomic E-state index is -0.220. The van der Waals surface area contributed by atoms with Crippen molar-refractivity contribution in [3.05, 3.63) is 53.1 Å². The number of nitrogens with two attached hydrogens (primary N) is 1. The SMILES string of the molecule is Nc1ccc(NC(=O)Cc2ccc(Cl)cc2)c(O)c1. The van der Waals surface area contributed by atoms with Gasteiger partial charge in [-0.25, -0.2) is 0 Å². The molecule has 0 atom stereocenters. The van der Waals surface area contributed by atoms with Crippen LogP contribution in [0.3, 0.4) is 0 Å². The zero-order chi connectivity index (χ0) is 13.8. The number of amides is 1. The number of halogens is 1. The molecule has 4 nitrogen and oxygen atoms in total. The van der Waals surface area contributed by atoms with Gasteiger partial charge in [-0.2, -0.15) is 0 Å². The first-order valence-corrected chi connectivity index (χ1v) is 6.05. The molecule has 98 valence electrons. The Morgan fingerprint density at radius 3 is 2.53 bits per heavy atom. The lowest BCUT2D eigenvalue weighted by atomic mass is 10.1. The van der Waals surface area contributed by atoms with Crippen LogP contribution in [0.1, 0.15) is 5.56 Å². The fourth-order valence-electron chi connectivity index (χ4n) is 1.64. The Hall–Kier alpha value is -2.20. The molecule has 2 aromatic rings. The molecule has 0 aliphatic rings. The predicted molar refractivity (Wildman–Crippen MR) is 76.3 cm³/mol. The summed E-state index contributed by atoms with van der Waals surface area (Å²) in [5, 5.41) is 12.9. The van der Waals surface area contributed by atoms with Crippen molar-refractivity contribution in [3.63, 3.8) is 0 Å². The Balaban J connectivity index is 2.03. The number of aromatic hydroxyl groups is 1. The van der Waals surface area contributed by atoms with E-state index in [9.17, 15) is 9.90 Å². The summed E-state index contributed by atoms with van der Waals surface area (Å²) in [4.78, 5) is 11.8. The van der Waals surface area contributed by atoms with Crippen molar-refractivity contribution < 1.29 is 9.90 Å². The van der Waals surface area contributed by atoms with Crippen LogP contribution in [-0.2, 0) is 11.2 Å². The van der Waals surface area contributed by atoms with Gasteiger partial charge >= 0.3 is 0 Å². The monoisotopic (exact) mass is 276 g/mol. The summed E-state index contributed by atoms with van der Waals surface area (Å²) in [5.74, 6) is -0.271. The third-order valence-corrected chi connectivity index (χ3v) is 2.83. The van der Waals surface area contributed by atoms with Crippen molar-refractivity contribution >= 4 is 28.9 Å². The molecule has 0 unspecified atom stereocenters. The molecule has 2 aromatic carbocycles. The van der Waals surface area contributed by atoms with E-state index in [0.717, 1.165) is 5.56 Å². The molecule has 1 amide bonds. The topological polar surface area (TPSA) is 75.3 Å². The van der Waals surface area contributed by atoms with Gasteiger partial charge in [0.25, 0.3) is 0 Å². The van der Waals surface area contributed by atoms with Crippen LogP contribution in [0.2, 0.25) is 5.02 Å². The summed E-state index contributed by atoms with van der Waals surface area (Å²) in [6.07, 6.45) is 0.209. The molecule has 2 rings (SSSR count). The number of carbonyl (C=O) groups is 1. The third-order valence-electron chi connectivity index (χ3n) is 2.57. The molecule has 0 radical (unpaired) electrons. The van der Waals surface area contributed by atoms with Gasteiger partial charge in [-0.1, -0.05) is 23.7 Å². The van der Waals surface area contributed by atoms with Crippen molar-refractivity contribution in [2.24, 2.45) is 0 Å². The van der Waals surface area contributed by atoms with Crippen LogP contribution >= 0.6 is 11.6 Å². The number of phenols is 1. The highest BCUT2D eigenvalue weighted by molar-refractivity contribution is 6.30. The molecule has 0 aliphatic carbocycles. The fourth-order valence-corrected chi connectivity index (χ4v) is 1.76. The van der Waals surface area contributed by atoms with Crippen molar-refractivity contribution in [1.82, 2.24) is 0 Å². The van der Waals surface area contributed by atoms with Gasteiger partial charge in [0.15, 0.2) is 0 Å². The van der Waals surface area contributed by atoms with Gasteiger partial charge in [0.2, 0.25) is 5.91 Å². The van der Waals surface area contributed by atoms with E-state index in [-0.39, 0.29) is 18.1 Å². The van der Waals surface area contributed by atoms with Gasteiger partial charge in [-0.15, -0.1) is 0 Å². The number of benzene rings is 2. The van der Waals surface area contributed by atoms with E-state index in [1.165, 1.54) is 6.07 Å². The summed E-state index contributed by atoms with van der Waals surface area (Å²) in [5.41, 5.74) is 7.13. The van der Waals surface area contributed by atoms with Gasteiger partial charge in [-0.3, -0.25) is 4.79 Å². The Morgan fingerprint density at radius 1 is 1.21 bits per heavy atom. The number of carbonyl (C=O) groups excluding carboxylic acids is 1. The smallest absolute Gasteiger partial charge is 0.228 e. The number of phenolic OH excluding ortho intramolecular Hbond substituents is 1. The molecule has 5 heteroatoms. The van der Waals surface area contributed by atoms with Gasteiger partial charge < -0.3 is 16.2 Å². The Labute approximate surface area is 115 Å². The van der Waals surface area contributed by atoms with E-state index >= 15 is 0 Å². The van der Waals surface area contributed by atoms with Gasteiger partial charge in [0.05, 0.1) is 12.1 Å². The maximum Gasteiger partial charge on any atom is 0.228 e. The number of rotatable bonds is 3. The van der Waals surface area contributed by atoms with E-state index in [2.05, 4.69) is 5.32 Å². The van der Waals surface area contributed by atoms with Crippen LogP contribution in [0, 0.1) is 0 Å². The lowest BCUT2D eigenvalue weighted by molar-refractivity contribution is -0.115. The number of hydrogen-bond donors (Lipinski definition) is 3. The Kier molecular flexibility index (Phi) is 3.92. The summed E-state index contributed by atoms with van der Waals surface area (Å²) in [6, 6.07) is 11.6. The summed E-state index contributed by atoms with van der Waals surface area (Å²) in [7, 11) is 0. The molecule has 0 saturated heterocycles. The first kappa shape index (κ1) is 13.2. The average molecular weight is 277 g/mol. The summed E-state index contributed by atoms with van der Waals surface area (Å²) >= 11 is 5.77. The Morgan fingerprint density at radius 2 is 1.89 bits per heavy atom. The normalized spacial score (nSPS) is 10.2. The maximum absolute atomic E-state index is 11.8. The molecular formula is C14H13ClN2O2. The van der Waals surface area contributed by atoms with E-state index < -0.39 is 0 Å². The number of nitrogens with one attached hydrogen (secondary N) is 1. The Bertz CT molecular complexity index is 597. The second-order valence-corrected chi connectivity index (χ2v) is 4.56. The molecule has 0 bridgehead atoms. The zero-order valence-electron chi connectivity index (χ0n) is 10.1. The van der Waals surface area contributed by atoms with Gasteiger partial charge in [0, 0.05) is 16.8 Å². The maximum atomic E-state index is 11.8. The third kappa shape index (κ3) is 3.63. The molecule has 0 aliphatic heterocycles. The van der Waals surface area contributed by atoms with Crippen LogP contribution < -0.4 is 11.1 Å². The predicted octanol–water partition coefficient (Wildman–Crippen LogP) is 2.81. The highest BCUT2D eigenvalue weighted by atomic mass is 35.5. The first-order valence-electron chi connectivity index (χ1n) is 5.67. The van der Waals surface area contributed by atoms with Crippen molar-refractivity contribution in [3.8, 4) is 5.75 Å². The molecule has 0 heterocycles. The van der Waals surface area contributed by atoms with E-state index in [4.69, 9.17) is 17.3 Å². The minimum Gasteiger partial charge on any atom is -0.506 e. The van der Waals surface area contributed by atoms with Crippen LogP contribution in [-0.4, -0.2) is 11.0 Å². The van der Waals surface area contributed by atoms with Crippen molar-refractivity contribution in [2.75, 3.05) is 11.1 Å². The van der Waals surface area contributed by atoms with Crippen LogP contribution in [0.15, 0.2) is 42.5 Å². The molecule has 19 heavy (non-hydrogen) atoms. The number of anilines is 2. The van der Waals surface area contributed by atoms with Gasteiger partial charge in [-0.05, 0) is 29.8 Å². The lowest BCUT2D eigenvalue weighted by Crippen LogP contribution is -2.14. The second kappa shape index (κ2) is 5.63. The van der Waals surface area contributed by atoms with E-state index in [1.807, 2.05) is 0 Å². The standard InChI is InChI=1S/C14H13ClN2O2/c15-10-3-1-9(2-4-10)7-14(19)17-12-6-5-11(16)8-13(12)18/h1-6,8,18H,7,16H2,(H,17,19). The quantitative estimate of drug-likeness (QED) is 0.596. The molecule has 0 saturated carbocycles. The van der Waals surface area contributed by atoms with E-state index in [1.54, 1.807) is 36.4 Å². The number of nitrogen functional groups attached to an aromatic ring is 1. The highest BCUT2D eigenvalue weighted by Gasteiger charge is 2.07. The first-order chi connectivity index (χ1) is 9.04. The summed E-state index contributed by atoms with van der Waals surface area (Å²) in [6.45, 7) is 0. The molecule has 0 fully saturated rings. The summed E-state index contributed by atoms with van der Waals surface area (Å²) < 4.78 is 0. The zero-order valence-corrected chi connectivity index (χ0v) is 10.8. The van der Waals surface area contributed by atoms with Crippen LogP contribution in [0.4, 0.5) is 11.4 Å². The lowest BCUT2D eigenvalue weighted by Gasteiger charge is -2.08. The van der Waals surface area contributed by atoms with Crippen molar-refractivity contribution in [2.45, 2.75) is 6.42 Å². The molecule has 4 N–H and O–H groups in total. The largest absolute Gasteiger partial charge is 0.506 e. The number of hydrogen-bond acceptors (Lipinski definition) is 3. The fraction of sp³-hybridized carbons (Fsp3) is 0.0714. The van der Waals surface area contributed by atoms with Crippen LogP contribution in [0.5, 0.6) is 5.75 Å². The highest BCUT2D eigenvalue weighted by Crippen LogP contribution is 2.25. The van der Waals surface area contributed by atoms with Crippen molar-refractivity contribution in [1.29, 1.82) is 0 Å². The van der Waals surface area contributed by atoms with Gasteiger partial charge in [0.1, 0.15) is 5.75 Å². The van der Waals surface area contributed by atoms with E-state index in [0.29, 0.717) is 16.4 Å². The molecule has 0 spiro atoms. The minimum absolute atomic E-state index is 0.0514. The molecular weight excluding hydrogens is 264 g/mol.